The van der Waals surface area contributed by atoms with Gasteiger partial charge in [0.15, 0.2) is 0 Å². The summed E-state index contributed by atoms with van der Waals surface area (Å²) in [7, 11) is 0. The van der Waals surface area contributed by atoms with E-state index in [1.807, 2.05) is 0 Å². The number of benzene rings is 3. The van der Waals surface area contributed by atoms with Gasteiger partial charge in [0.1, 0.15) is 23.5 Å². The van der Waals surface area contributed by atoms with E-state index in [4.69, 9.17) is 48.4 Å². The molecule has 0 amide bonds. The summed E-state index contributed by atoms with van der Waals surface area (Å²) in [4.78, 5) is 25.0. The first-order valence-corrected chi connectivity index (χ1v) is 10.9. The van der Waals surface area contributed by atoms with Crippen molar-refractivity contribution >= 4 is 56.7 Å². The topological polar surface area (TPSA) is 69.7 Å². The van der Waals surface area contributed by atoms with Crippen LogP contribution in [0, 0.1) is 0 Å². The maximum Gasteiger partial charge on any atom is 0.344 e. The summed E-state index contributed by atoms with van der Waals surface area (Å²) >= 11 is 18.5. The summed E-state index contributed by atoms with van der Waals surface area (Å²) < 4.78 is 16.6. The molecule has 33 heavy (non-hydrogen) atoms. The molecule has 0 fully saturated rings. The molecular formula is C25H13Cl3O5. The van der Waals surface area contributed by atoms with E-state index >= 15 is 0 Å². The monoisotopic (exact) mass is 498 g/mol. The van der Waals surface area contributed by atoms with Crippen molar-refractivity contribution in [2.24, 2.45) is 0 Å². The summed E-state index contributed by atoms with van der Waals surface area (Å²) in [5.41, 5.74) is 0.709. The van der Waals surface area contributed by atoms with E-state index < -0.39 is 11.3 Å². The minimum atomic E-state index is -0.616. The third-order valence-electron chi connectivity index (χ3n) is 5.15. The van der Waals surface area contributed by atoms with Gasteiger partial charge in [-0.2, -0.15) is 0 Å². The van der Waals surface area contributed by atoms with Gasteiger partial charge in [0.25, 0.3) is 0 Å². The SMILES string of the molecule is O=c1cc(-c2cc3cc(Cl)ccc3oc2=O)c2ccc(OCc3c(Cl)cccc3Cl)cc2o1. The molecule has 2 aromatic heterocycles. The molecule has 0 radical (unpaired) electrons. The highest BCUT2D eigenvalue weighted by molar-refractivity contribution is 6.36. The molecule has 2 heterocycles. The lowest BCUT2D eigenvalue weighted by atomic mass is 10.0. The zero-order valence-corrected chi connectivity index (χ0v) is 19.0. The Morgan fingerprint density at radius 1 is 0.758 bits per heavy atom. The first-order valence-electron chi connectivity index (χ1n) is 9.76. The van der Waals surface area contributed by atoms with Gasteiger partial charge in [-0.3, -0.25) is 0 Å². The molecule has 0 aliphatic rings. The van der Waals surface area contributed by atoms with Gasteiger partial charge in [-0.25, -0.2) is 9.59 Å². The number of hydrogen-bond donors (Lipinski definition) is 0. The second-order valence-electron chi connectivity index (χ2n) is 7.26. The van der Waals surface area contributed by atoms with Gasteiger partial charge >= 0.3 is 11.3 Å². The molecular weight excluding hydrogens is 487 g/mol. The number of ether oxygens (including phenoxy) is 1. The van der Waals surface area contributed by atoms with Gasteiger partial charge < -0.3 is 13.6 Å². The summed E-state index contributed by atoms with van der Waals surface area (Å²) in [5.74, 6) is 0.441. The maximum atomic E-state index is 12.7. The van der Waals surface area contributed by atoms with Crippen LogP contribution in [0.1, 0.15) is 5.56 Å². The highest BCUT2D eigenvalue weighted by Gasteiger charge is 2.15. The van der Waals surface area contributed by atoms with Crippen LogP contribution in [-0.2, 0) is 6.61 Å². The fourth-order valence-corrected chi connectivity index (χ4v) is 4.25. The Labute approximate surface area is 201 Å². The van der Waals surface area contributed by atoms with E-state index in [0.717, 1.165) is 0 Å². The number of rotatable bonds is 4. The van der Waals surface area contributed by atoms with Crippen molar-refractivity contribution in [2.75, 3.05) is 0 Å². The fourth-order valence-electron chi connectivity index (χ4n) is 3.56. The van der Waals surface area contributed by atoms with Crippen molar-refractivity contribution in [1.82, 2.24) is 0 Å². The summed E-state index contributed by atoms with van der Waals surface area (Å²) in [5, 5.41) is 2.65. The molecule has 0 saturated heterocycles. The average Bonchev–Trinajstić information content (AvgIpc) is 2.78. The van der Waals surface area contributed by atoms with Crippen LogP contribution >= 0.6 is 34.8 Å². The van der Waals surface area contributed by atoms with E-state index in [1.165, 1.54) is 6.07 Å². The third-order valence-corrected chi connectivity index (χ3v) is 6.09. The molecule has 8 heteroatoms. The normalized spacial score (nSPS) is 11.2. The molecule has 5 nitrogen and oxygen atoms in total. The minimum Gasteiger partial charge on any atom is -0.489 e. The second-order valence-corrected chi connectivity index (χ2v) is 8.51. The van der Waals surface area contributed by atoms with E-state index in [1.54, 1.807) is 60.7 Å². The molecule has 164 valence electrons. The molecule has 0 N–H and O–H groups in total. The van der Waals surface area contributed by atoms with Gasteiger partial charge in [0, 0.05) is 49.1 Å². The second kappa shape index (κ2) is 8.60. The van der Waals surface area contributed by atoms with Gasteiger partial charge in [0.05, 0.1) is 5.56 Å². The molecule has 5 rings (SSSR count). The molecule has 5 aromatic rings. The Morgan fingerprint density at radius 2 is 1.55 bits per heavy atom. The lowest BCUT2D eigenvalue weighted by molar-refractivity contribution is 0.306. The van der Waals surface area contributed by atoms with Crippen molar-refractivity contribution in [2.45, 2.75) is 6.61 Å². The van der Waals surface area contributed by atoms with Crippen LogP contribution in [0.2, 0.25) is 15.1 Å². The molecule has 3 aromatic carbocycles. The molecule has 0 aliphatic carbocycles. The van der Waals surface area contributed by atoms with Crippen LogP contribution in [-0.4, -0.2) is 0 Å². The van der Waals surface area contributed by atoms with Crippen LogP contribution in [0.3, 0.4) is 0 Å². The Morgan fingerprint density at radius 3 is 2.33 bits per heavy atom. The number of hydrogen-bond acceptors (Lipinski definition) is 5. The lowest BCUT2D eigenvalue weighted by Crippen LogP contribution is -2.06. The standard InChI is InChI=1S/C25H13Cl3O5/c26-14-4-7-22-13(8-14)9-18(25(30)33-22)17-11-24(29)32-23-10-15(5-6-16(17)23)31-12-19-20(27)2-1-3-21(19)28/h1-11H,12H2. The first-order chi connectivity index (χ1) is 15.9. The van der Waals surface area contributed by atoms with Crippen molar-refractivity contribution in [1.29, 1.82) is 0 Å². The van der Waals surface area contributed by atoms with E-state index in [-0.39, 0.29) is 17.8 Å². The van der Waals surface area contributed by atoms with Gasteiger partial charge in [-0.15, -0.1) is 0 Å². The Balaban J connectivity index is 1.58. The summed E-state index contributed by atoms with van der Waals surface area (Å²) in [6, 6.07) is 18.0. The summed E-state index contributed by atoms with van der Waals surface area (Å²) in [6.07, 6.45) is 0. The molecule has 0 saturated carbocycles. The largest absolute Gasteiger partial charge is 0.489 e. The van der Waals surface area contributed by atoms with E-state index in [9.17, 15) is 9.59 Å². The van der Waals surface area contributed by atoms with Crippen LogP contribution < -0.4 is 16.0 Å². The van der Waals surface area contributed by atoms with E-state index in [2.05, 4.69) is 0 Å². The number of halogens is 3. The first kappa shape index (κ1) is 21.6. The zero-order valence-electron chi connectivity index (χ0n) is 16.7. The van der Waals surface area contributed by atoms with Crippen LogP contribution in [0.5, 0.6) is 5.75 Å². The highest BCUT2D eigenvalue weighted by Crippen LogP contribution is 2.31. The predicted octanol–water partition coefficient (Wildman–Crippen LogP) is 7.11. The van der Waals surface area contributed by atoms with E-state index in [0.29, 0.717) is 48.3 Å². The molecule has 0 aliphatic heterocycles. The maximum absolute atomic E-state index is 12.7. The van der Waals surface area contributed by atoms with Crippen molar-refractivity contribution < 1.29 is 13.6 Å². The molecule has 0 atom stereocenters. The zero-order chi connectivity index (χ0) is 23.1. The van der Waals surface area contributed by atoms with Gasteiger partial charge in [-0.05, 0) is 48.5 Å². The Hall–Kier alpha value is -3.25. The Bertz CT molecular complexity index is 1630. The summed E-state index contributed by atoms with van der Waals surface area (Å²) in [6.45, 7) is 0.128. The molecule has 0 bridgehead atoms. The lowest BCUT2D eigenvalue weighted by Gasteiger charge is -2.11. The quantitative estimate of drug-likeness (QED) is 0.247. The molecule has 0 spiro atoms. The highest BCUT2D eigenvalue weighted by atomic mass is 35.5. The fraction of sp³-hybridized carbons (Fsp3) is 0.0400. The van der Waals surface area contributed by atoms with Crippen molar-refractivity contribution in [3.8, 4) is 16.9 Å². The van der Waals surface area contributed by atoms with Crippen molar-refractivity contribution in [3.05, 3.63) is 108 Å². The molecule has 0 unspecified atom stereocenters. The van der Waals surface area contributed by atoms with Crippen LogP contribution in [0.4, 0.5) is 0 Å². The smallest absolute Gasteiger partial charge is 0.344 e. The van der Waals surface area contributed by atoms with Crippen molar-refractivity contribution in [3.63, 3.8) is 0 Å². The van der Waals surface area contributed by atoms with Crippen LogP contribution in [0.15, 0.2) is 85.2 Å². The average molecular weight is 500 g/mol. The third kappa shape index (κ3) is 4.23. The minimum absolute atomic E-state index is 0.128. The number of fused-ring (bicyclic) bond motifs is 2. The van der Waals surface area contributed by atoms with Gasteiger partial charge in [0.2, 0.25) is 0 Å². The van der Waals surface area contributed by atoms with Gasteiger partial charge in [-0.1, -0.05) is 40.9 Å². The predicted molar refractivity (Wildman–Crippen MR) is 130 cm³/mol. The van der Waals surface area contributed by atoms with Crippen LogP contribution in [0.25, 0.3) is 33.1 Å². The Kier molecular flexibility index (Phi) is 5.62.